The van der Waals surface area contributed by atoms with Crippen LogP contribution in [0, 0.1) is 5.41 Å². The van der Waals surface area contributed by atoms with Crippen molar-refractivity contribution < 1.29 is 28.7 Å². The molecule has 0 bridgehead atoms. The Morgan fingerprint density at radius 2 is 1.32 bits per heavy atom. The van der Waals surface area contributed by atoms with Crippen LogP contribution in [-0.4, -0.2) is 53.5 Å². The van der Waals surface area contributed by atoms with Gasteiger partial charge in [0.25, 0.3) is 0 Å². The Bertz CT molecular complexity index is 615. The standard InChI is InChI=1S/C32H63O6PS/c1-7-9-11-13-15-17-19-21-26-40-29(23-20-18-16-14-12-10-8-2)28(3)36-24-22-25-38-32(34,39-35)30(33)37-27-31(4,5)6/h28-29,34H,7-27H2,1-6H3. The van der Waals surface area contributed by atoms with Gasteiger partial charge in [-0.05, 0) is 37.4 Å². The van der Waals surface area contributed by atoms with Gasteiger partial charge < -0.3 is 19.3 Å². The molecule has 0 fully saturated rings. The SMILES string of the molecule is CCCCCCCCCCSC(CCCCCCCCC)C(C)OCCCOC(O)(P=O)C(=O)OCC(C)(C)C. The van der Waals surface area contributed by atoms with E-state index in [1.54, 1.807) is 0 Å². The molecular formula is C32H63O6PS. The van der Waals surface area contributed by atoms with Gasteiger partial charge in [0.2, 0.25) is 8.46 Å². The first-order chi connectivity index (χ1) is 19.1. The van der Waals surface area contributed by atoms with Crippen molar-refractivity contribution in [2.24, 2.45) is 5.41 Å². The summed E-state index contributed by atoms with van der Waals surface area (Å²) in [5.41, 5.74) is -2.74. The smallest absolute Gasteiger partial charge is 0.379 e. The minimum atomic E-state index is -2.47. The van der Waals surface area contributed by atoms with Crippen molar-refractivity contribution in [2.45, 2.75) is 168 Å². The van der Waals surface area contributed by atoms with Gasteiger partial charge in [-0.15, -0.1) is 0 Å². The van der Waals surface area contributed by atoms with E-state index in [9.17, 15) is 14.5 Å². The average Bonchev–Trinajstić information content (AvgIpc) is 2.92. The van der Waals surface area contributed by atoms with Crippen molar-refractivity contribution in [3.63, 3.8) is 0 Å². The molecule has 6 nitrogen and oxygen atoms in total. The maximum absolute atomic E-state index is 12.2. The summed E-state index contributed by atoms with van der Waals surface area (Å²) in [4.78, 5) is 12.2. The molecule has 0 heterocycles. The van der Waals surface area contributed by atoms with Gasteiger partial charge in [0.05, 0.1) is 19.3 Å². The van der Waals surface area contributed by atoms with Gasteiger partial charge in [-0.1, -0.05) is 125 Å². The van der Waals surface area contributed by atoms with Crippen LogP contribution in [0.3, 0.4) is 0 Å². The summed E-state index contributed by atoms with van der Waals surface area (Å²) in [5.74, 6) is 0.152. The highest BCUT2D eigenvalue weighted by Gasteiger charge is 2.41. The first kappa shape index (κ1) is 39.8. The van der Waals surface area contributed by atoms with Crippen molar-refractivity contribution in [1.29, 1.82) is 0 Å². The van der Waals surface area contributed by atoms with Gasteiger partial charge in [-0.2, -0.15) is 11.8 Å². The summed E-state index contributed by atoms with van der Waals surface area (Å²) >= 11 is 2.06. The molecule has 0 aromatic carbocycles. The van der Waals surface area contributed by atoms with Crippen LogP contribution in [0.25, 0.3) is 0 Å². The lowest BCUT2D eigenvalue weighted by Gasteiger charge is -2.25. The van der Waals surface area contributed by atoms with E-state index >= 15 is 0 Å². The molecule has 0 spiro atoms. The van der Waals surface area contributed by atoms with Gasteiger partial charge >= 0.3 is 11.5 Å². The zero-order chi connectivity index (χ0) is 30.1. The van der Waals surface area contributed by atoms with E-state index < -0.39 is 20.0 Å². The first-order valence-corrected chi connectivity index (χ1v) is 18.1. The maximum atomic E-state index is 12.2. The molecular weight excluding hydrogens is 543 g/mol. The van der Waals surface area contributed by atoms with Crippen LogP contribution < -0.4 is 0 Å². The molecule has 238 valence electrons. The summed E-state index contributed by atoms with van der Waals surface area (Å²) in [6.07, 6.45) is 21.7. The van der Waals surface area contributed by atoms with Gasteiger partial charge in [0.15, 0.2) is 0 Å². The van der Waals surface area contributed by atoms with Crippen molar-refractivity contribution in [2.75, 3.05) is 25.6 Å². The highest BCUT2D eigenvalue weighted by molar-refractivity contribution is 7.99. The van der Waals surface area contributed by atoms with Crippen LogP contribution in [0.1, 0.15) is 151 Å². The van der Waals surface area contributed by atoms with Gasteiger partial charge in [-0.25, -0.2) is 4.79 Å². The van der Waals surface area contributed by atoms with Gasteiger partial charge in [-0.3, -0.25) is 4.57 Å². The van der Waals surface area contributed by atoms with E-state index in [1.807, 2.05) is 20.8 Å². The number of carbonyl (C=O) groups excluding carboxylic acids is 1. The molecule has 0 aromatic heterocycles. The monoisotopic (exact) mass is 606 g/mol. The lowest BCUT2D eigenvalue weighted by molar-refractivity contribution is -0.198. The van der Waals surface area contributed by atoms with Crippen LogP contribution in [0.4, 0.5) is 0 Å². The number of rotatable bonds is 28. The second-order valence-electron chi connectivity index (χ2n) is 12.4. The summed E-state index contributed by atoms with van der Waals surface area (Å²) in [6.45, 7) is 13.0. The minimum Gasteiger partial charge on any atom is -0.461 e. The molecule has 40 heavy (non-hydrogen) atoms. The molecule has 0 radical (unpaired) electrons. The van der Waals surface area contributed by atoms with Crippen LogP contribution in [0.5, 0.6) is 0 Å². The van der Waals surface area contributed by atoms with E-state index in [4.69, 9.17) is 14.2 Å². The Morgan fingerprint density at radius 3 is 1.85 bits per heavy atom. The Labute approximate surface area is 253 Å². The molecule has 8 heteroatoms. The normalized spacial score (nSPS) is 15.2. The summed E-state index contributed by atoms with van der Waals surface area (Å²) in [7, 11) is -0.829. The Balaban J connectivity index is 4.47. The molecule has 0 rings (SSSR count). The molecule has 0 aliphatic carbocycles. The number of carbonyl (C=O) groups is 1. The van der Waals surface area contributed by atoms with E-state index in [1.165, 1.54) is 108 Å². The van der Waals surface area contributed by atoms with Gasteiger partial charge in [0.1, 0.15) is 0 Å². The summed E-state index contributed by atoms with van der Waals surface area (Å²) in [6, 6.07) is 0. The topological polar surface area (TPSA) is 82.1 Å². The molecule has 0 aliphatic rings. The predicted octanol–water partition coefficient (Wildman–Crippen LogP) is 9.71. The zero-order valence-corrected chi connectivity index (χ0v) is 28.6. The molecule has 0 saturated heterocycles. The fourth-order valence-corrected chi connectivity index (χ4v) is 6.01. The van der Waals surface area contributed by atoms with Crippen LogP contribution in [0.15, 0.2) is 0 Å². The van der Waals surface area contributed by atoms with Crippen LogP contribution in [-0.2, 0) is 23.6 Å². The Kier molecular flexibility index (Phi) is 25.2. The molecule has 3 unspecified atom stereocenters. The summed E-state index contributed by atoms with van der Waals surface area (Å²) in [5, 5.41) is 10.8. The third kappa shape index (κ3) is 22.4. The second-order valence-corrected chi connectivity index (χ2v) is 14.5. The van der Waals surface area contributed by atoms with Crippen molar-refractivity contribution in [3.8, 4) is 0 Å². The third-order valence-corrected chi connectivity index (χ3v) is 9.07. The number of ether oxygens (including phenoxy) is 3. The highest BCUT2D eigenvalue weighted by Crippen LogP contribution is 2.27. The maximum Gasteiger partial charge on any atom is 0.379 e. The quantitative estimate of drug-likeness (QED) is 0.0411. The van der Waals surface area contributed by atoms with E-state index in [0.717, 1.165) is 0 Å². The summed E-state index contributed by atoms with van der Waals surface area (Å²) < 4.78 is 28.0. The Morgan fingerprint density at radius 1 is 0.800 bits per heavy atom. The molecule has 1 N–H and O–H groups in total. The van der Waals surface area contributed by atoms with Crippen LogP contribution in [0.2, 0.25) is 0 Å². The molecule has 0 saturated carbocycles. The van der Waals surface area contributed by atoms with Crippen molar-refractivity contribution >= 4 is 26.2 Å². The molecule has 3 atom stereocenters. The number of hydrogen-bond acceptors (Lipinski definition) is 7. The van der Waals surface area contributed by atoms with Crippen LogP contribution >= 0.6 is 20.2 Å². The van der Waals surface area contributed by atoms with E-state index in [-0.39, 0.29) is 24.7 Å². The zero-order valence-electron chi connectivity index (χ0n) is 26.8. The Hall–Kier alpha value is -0.200. The third-order valence-electron chi connectivity index (χ3n) is 6.94. The fourth-order valence-electron chi connectivity index (χ4n) is 4.38. The number of aliphatic hydroxyl groups is 1. The molecule has 0 aromatic rings. The minimum absolute atomic E-state index is 0.0525. The van der Waals surface area contributed by atoms with Crippen molar-refractivity contribution in [3.05, 3.63) is 0 Å². The van der Waals surface area contributed by atoms with Gasteiger partial charge in [0, 0.05) is 11.9 Å². The highest BCUT2D eigenvalue weighted by atomic mass is 32.2. The van der Waals surface area contributed by atoms with E-state index in [2.05, 4.69) is 32.5 Å². The molecule has 0 aliphatic heterocycles. The largest absolute Gasteiger partial charge is 0.461 e. The lowest BCUT2D eigenvalue weighted by atomic mass is 9.99. The fraction of sp³-hybridized carbons (Fsp3) is 0.969. The van der Waals surface area contributed by atoms with Crippen molar-refractivity contribution in [1.82, 2.24) is 0 Å². The molecule has 0 amide bonds. The number of hydrogen-bond donors (Lipinski definition) is 1. The van der Waals surface area contributed by atoms with E-state index in [0.29, 0.717) is 18.3 Å². The average molecular weight is 607 g/mol. The first-order valence-electron chi connectivity index (χ1n) is 16.2. The predicted molar refractivity (Wildman–Crippen MR) is 170 cm³/mol. The lowest BCUT2D eigenvalue weighted by Crippen LogP contribution is -2.39. The number of thioether (sulfide) groups is 1. The second kappa shape index (κ2) is 25.3. The number of esters is 1. The number of unbranched alkanes of at least 4 members (excludes halogenated alkanes) is 13.